The number of hydrogen-bond donors (Lipinski definition) is 1. The lowest BCUT2D eigenvalue weighted by atomic mass is 9.95. The van der Waals surface area contributed by atoms with Crippen LogP contribution in [0.25, 0.3) is 0 Å². The van der Waals surface area contributed by atoms with Crippen LogP contribution in [0.4, 0.5) is 0 Å². The second-order valence-electron chi connectivity index (χ2n) is 5.95. The fourth-order valence-corrected chi connectivity index (χ4v) is 3.08. The second-order valence-corrected chi connectivity index (χ2v) is 6.38. The first-order valence-electron chi connectivity index (χ1n) is 7.81. The molecule has 1 fully saturated rings. The molecular weight excluding hydrogens is 310 g/mol. The van der Waals surface area contributed by atoms with Crippen LogP contribution in [0.2, 0.25) is 5.02 Å². The second kappa shape index (κ2) is 6.63. The molecule has 0 atom stereocenters. The van der Waals surface area contributed by atoms with E-state index in [0.717, 1.165) is 41.2 Å². The fraction of sp³-hybridized carbons (Fsp3) is 0.316. The summed E-state index contributed by atoms with van der Waals surface area (Å²) in [6.45, 7) is 0.622. The molecule has 120 valence electrons. The molecule has 3 nitrogen and oxygen atoms in total. The number of carbonyl (C=O) groups excluding carboxylic acids is 1. The Hall–Kier alpha value is -2.00. The minimum absolute atomic E-state index is 0.115. The number of carbonyl (C=O) groups is 1. The highest BCUT2D eigenvalue weighted by Gasteiger charge is 2.50. The van der Waals surface area contributed by atoms with Gasteiger partial charge in [-0.15, -0.1) is 0 Å². The summed E-state index contributed by atoms with van der Waals surface area (Å²) >= 11 is 5.98. The highest BCUT2D eigenvalue weighted by atomic mass is 35.5. The highest BCUT2D eigenvalue weighted by molar-refractivity contribution is 6.30. The molecule has 0 spiro atoms. The molecule has 0 unspecified atom stereocenters. The predicted molar refractivity (Wildman–Crippen MR) is 92.1 cm³/mol. The van der Waals surface area contributed by atoms with Gasteiger partial charge < -0.3 is 10.1 Å². The maximum Gasteiger partial charge on any atom is 0.230 e. The lowest BCUT2D eigenvalue weighted by Gasteiger charge is -2.16. The summed E-state index contributed by atoms with van der Waals surface area (Å²) in [5, 5.41) is 3.79. The first-order valence-corrected chi connectivity index (χ1v) is 8.19. The maximum atomic E-state index is 12.6. The summed E-state index contributed by atoms with van der Waals surface area (Å²) in [5.74, 6) is 0.926. The molecule has 2 aromatic rings. The van der Waals surface area contributed by atoms with E-state index >= 15 is 0 Å². The quantitative estimate of drug-likeness (QED) is 0.876. The zero-order chi connectivity index (χ0) is 16.3. The molecule has 3 rings (SSSR count). The number of nitrogens with one attached hydrogen (secondary N) is 1. The van der Waals surface area contributed by atoms with Crippen LogP contribution in [0.15, 0.2) is 48.5 Å². The minimum Gasteiger partial charge on any atom is -0.497 e. The van der Waals surface area contributed by atoms with Crippen molar-refractivity contribution in [2.45, 2.75) is 24.7 Å². The number of halogens is 1. The monoisotopic (exact) mass is 329 g/mol. The van der Waals surface area contributed by atoms with E-state index in [1.165, 1.54) is 0 Å². The predicted octanol–water partition coefficient (Wildman–Crippen LogP) is 3.74. The van der Waals surface area contributed by atoms with Crippen molar-refractivity contribution in [1.82, 2.24) is 5.32 Å². The summed E-state index contributed by atoms with van der Waals surface area (Å²) in [6.07, 6.45) is 2.59. The van der Waals surface area contributed by atoms with Crippen LogP contribution in [-0.2, 0) is 16.6 Å². The van der Waals surface area contributed by atoms with Gasteiger partial charge in [-0.25, -0.2) is 0 Å². The molecule has 0 aliphatic heterocycles. The Balaban J connectivity index is 1.59. The zero-order valence-electron chi connectivity index (χ0n) is 13.1. The van der Waals surface area contributed by atoms with Crippen molar-refractivity contribution >= 4 is 17.5 Å². The van der Waals surface area contributed by atoms with Crippen LogP contribution in [0.5, 0.6) is 5.75 Å². The van der Waals surface area contributed by atoms with Gasteiger partial charge in [0.2, 0.25) is 5.91 Å². The highest BCUT2D eigenvalue weighted by Crippen LogP contribution is 2.48. The molecule has 0 radical (unpaired) electrons. The van der Waals surface area contributed by atoms with Crippen molar-refractivity contribution in [3.63, 3.8) is 0 Å². The number of amides is 1. The Morgan fingerprint density at radius 2 is 1.96 bits per heavy atom. The van der Waals surface area contributed by atoms with Gasteiger partial charge in [0.15, 0.2) is 0 Å². The molecule has 0 bridgehead atoms. The van der Waals surface area contributed by atoms with Gasteiger partial charge in [0, 0.05) is 11.6 Å². The number of rotatable bonds is 6. The number of ether oxygens (including phenoxy) is 1. The molecule has 0 heterocycles. The van der Waals surface area contributed by atoms with Crippen molar-refractivity contribution in [3.05, 3.63) is 64.7 Å². The fourth-order valence-electron chi connectivity index (χ4n) is 2.86. The Bertz CT molecular complexity index is 693. The lowest BCUT2D eigenvalue weighted by molar-refractivity contribution is -0.123. The lowest BCUT2D eigenvalue weighted by Crippen LogP contribution is -2.35. The molecule has 23 heavy (non-hydrogen) atoms. The molecule has 0 aromatic heterocycles. The van der Waals surface area contributed by atoms with Crippen LogP contribution >= 0.6 is 11.6 Å². The Morgan fingerprint density at radius 1 is 1.22 bits per heavy atom. The average Bonchev–Trinajstić information content (AvgIpc) is 3.37. The van der Waals surface area contributed by atoms with Crippen molar-refractivity contribution in [3.8, 4) is 5.75 Å². The number of methoxy groups -OCH3 is 1. The maximum absolute atomic E-state index is 12.6. The van der Waals surface area contributed by atoms with Crippen LogP contribution in [0.1, 0.15) is 24.0 Å². The smallest absolute Gasteiger partial charge is 0.230 e. The van der Waals surface area contributed by atoms with Gasteiger partial charge in [-0.1, -0.05) is 35.9 Å². The summed E-state index contributed by atoms with van der Waals surface area (Å²) in [7, 11) is 1.64. The summed E-state index contributed by atoms with van der Waals surface area (Å²) in [4.78, 5) is 12.6. The van der Waals surface area contributed by atoms with Crippen molar-refractivity contribution in [2.75, 3.05) is 13.7 Å². The molecule has 1 saturated carbocycles. The van der Waals surface area contributed by atoms with Crippen molar-refractivity contribution in [2.24, 2.45) is 0 Å². The van der Waals surface area contributed by atoms with E-state index in [1.54, 1.807) is 7.11 Å². The van der Waals surface area contributed by atoms with E-state index in [9.17, 15) is 4.79 Å². The van der Waals surface area contributed by atoms with E-state index in [2.05, 4.69) is 5.32 Å². The van der Waals surface area contributed by atoms with Gasteiger partial charge >= 0.3 is 0 Å². The van der Waals surface area contributed by atoms with Crippen molar-refractivity contribution < 1.29 is 9.53 Å². The van der Waals surface area contributed by atoms with Crippen LogP contribution < -0.4 is 10.1 Å². The molecule has 4 heteroatoms. The van der Waals surface area contributed by atoms with E-state index < -0.39 is 0 Å². The third-order valence-corrected chi connectivity index (χ3v) is 4.65. The van der Waals surface area contributed by atoms with Gasteiger partial charge in [0.05, 0.1) is 12.5 Å². The van der Waals surface area contributed by atoms with Gasteiger partial charge in [0.25, 0.3) is 0 Å². The van der Waals surface area contributed by atoms with Crippen LogP contribution in [0, 0.1) is 0 Å². The molecular formula is C19H20ClNO2. The minimum atomic E-state index is -0.347. The largest absolute Gasteiger partial charge is 0.497 e. The van der Waals surface area contributed by atoms with E-state index in [4.69, 9.17) is 16.3 Å². The molecule has 1 aliphatic rings. The third-order valence-electron chi connectivity index (χ3n) is 4.42. The van der Waals surface area contributed by atoms with Crippen LogP contribution in [0.3, 0.4) is 0 Å². The number of hydrogen-bond acceptors (Lipinski definition) is 2. The van der Waals surface area contributed by atoms with E-state index in [0.29, 0.717) is 6.54 Å². The summed E-state index contributed by atoms with van der Waals surface area (Å²) < 4.78 is 5.17. The molecule has 0 saturated heterocycles. The van der Waals surface area contributed by atoms with E-state index in [-0.39, 0.29) is 11.3 Å². The number of benzene rings is 2. The first-order chi connectivity index (χ1) is 11.1. The van der Waals surface area contributed by atoms with Crippen LogP contribution in [-0.4, -0.2) is 19.6 Å². The average molecular weight is 330 g/mol. The van der Waals surface area contributed by atoms with Gasteiger partial charge in [-0.3, -0.25) is 4.79 Å². The Labute approximate surface area is 141 Å². The standard InChI is InChI=1S/C19H20ClNO2/c1-23-17-7-5-15(6-8-17)19(10-11-19)18(22)21-12-9-14-3-2-4-16(20)13-14/h2-8,13H,9-12H2,1H3,(H,21,22). The van der Waals surface area contributed by atoms with E-state index in [1.807, 2.05) is 48.5 Å². The normalized spacial score (nSPS) is 15.0. The zero-order valence-corrected chi connectivity index (χ0v) is 13.9. The molecule has 1 amide bonds. The molecule has 2 aromatic carbocycles. The summed E-state index contributed by atoms with van der Waals surface area (Å²) in [6, 6.07) is 15.5. The van der Waals surface area contributed by atoms with Crippen molar-refractivity contribution in [1.29, 1.82) is 0 Å². The molecule has 1 aliphatic carbocycles. The third kappa shape index (κ3) is 3.50. The topological polar surface area (TPSA) is 38.3 Å². The summed E-state index contributed by atoms with van der Waals surface area (Å²) in [5.41, 5.74) is 1.85. The molecule has 1 N–H and O–H groups in total. The first kappa shape index (κ1) is 15.9. The SMILES string of the molecule is COc1ccc(C2(C(=O)NCCc3cccc(Cl)c3)CC2)cc1. The van der Waals surface area contributed by atoms with Gasteiger partial charge in [-0.05, 0) is 54.7 Å². The van der Waals surface area contributed by atoms with Gasteiger partial charge in [0.1, 0.15) is 5.75 Å². The van der Waals surface area contributed by atoms with Gasteiger partial charge in [-0.2, -0.15) is 0 Å². The Morgan fingerprint density at radius 3 is 2.57 bits per heavy atom. The Kier molecular flexibility index (Phi) is 4.58.